The number of amides is 2. The Balaban J connectivity index is 1.63. The highest BCUT2D eigenvalue weighted by atomic mass is 16.2. The minimum absolute atomic E-state index is 0.00338. The molecule has 1 aliphatic rings. The predicted molar refractivity (Wildman–Crippen MR) is 106 cm³/mol. The number of aryl methyl sites for hydroxylation is 2. The van der Waals surface area contributed by atoms with E-state index in [-0.39, 0.29) is 17.7 Å². The molecule has 2 N–H and O–H groups in total. The van der Waals surface area contributed by atoms with Gasteiger partial charge in [0.1, 0.15) is 0 Å². The molecule has 0 spiro atoms. The molecule has 7 heteroatoms. The van der Waals surface area contributed by atoms with Crippen LogP contribution in [0, 0.1) is 19.8 Å². The molecular weight excluding hydrogens is 342 g/mol. The van der Waals surface area contributed by atoms with Crippen LogP contribution in [0.15, 0.2) is 30.3 Å². The van der Waals surface area contributed by atoms with Crippen LogP contribution < -0.4 is 15.5 Å². The minimum Gasteiger partial charge on any atom is -0.340 e. The molecule has 0 bridgehead atoms. The lowest BCUT2D eigenvalue weighted by Gasteiger charge is -2.32. The van der Waals surface area contributed by atoms with Crippen LogP contribution in [0.3, 0.4) is 0 Å². The summed E-state index contributed by atoms with van der Waals surface area (Å²) >= 11 is 0. The van der Waals surface area contributed by atoms with Gasteiger partial charge in [-0.1, -0.05) is 0 Å². The van der Waals surface area contributed by atoms with Gasteiger partial charge in [-0.05, 0) is 57.0 Å². The molecule has 1 aromatic carbocycles. The van der Waals surface area contributed by atoms with Crippen LogP contribution in [0.2, 0.25) is 0 Å². The number of benzene rings is 1. The van der Waals surface area contributed by atoms with Crippen LogP contribution in [0.25, 0.3) is 0 Å². The van der Waals surface area contributed by atoms with Gasteiger partial charge in [-0.2, -0.15) is 0 Å². The van der Waals surface area contributed by atoms with E-state index in [4.69, 9.17) is 0 Å². The third-order valence-electron chi connectivity index (χ3n) is 4.52. The number of nitrogens with one attached hydrogen (secondary N) is 2. The predicted octanol–water partition coefficient (Wildman–Crippen LogP) is 2.91. The van der Waals surface area contributed by atoms with Crippen LogP contribution in [0.1, 0.15) is 31.2 Å². The highest BCUT2D eigenvalue weighted by Gasteiger charge is 2.27. The summed E-state index contributed by atoms with van der Waals surface area (Å²) in [5.74, 6) is 0.460. The number of rotatable bonds is 4. The van der Waals surface area contributed by atoms with Crippen molar-refractivity contribution in [3.05, 3.63) is 41.7 Å². The summed E-state index contributed by atoms with van der Waals surface area (Å²) in [6, 6.07) is 9.07. The quantitative estimate of drug-likeness (QED) is 0.868. The van der Waals surface area contributed by atoms with Gasteiger partial charge < -0.3 is 15.5 Å². The highest BCUT2D eigenvalue weighted by Crippen LogP contribution is 2.23. The zero-order valence-electron chi connectivity index (χ0n) is 16.0. The zero-order valence-corrected chi connectivity index (χ0v) is 16.0. The number of carbonyl (C=O) groups is 2. The van der Waals surface area contributed by atoms with Crippen LogP contribution in [0.5, 0.6) is 0 Å². The van der Waals surface area contributed by atoms with E-state index in [1.165, 1.54) is 6.92 Å². The summed E-state index contributed by atoms with van der Waals surface area (Å²) in [7, 11) is 0. The summed E-state index contributed by atoms with van der Waals surface area (Å²) < 4.78 is 0. The highest BCUT2D eigenvalue weighted by molar-refractivity contribution is 5.94. The molecule has 0 radical (unpaired) electrons. The average Bonchev–Trinajstić information content (AvgIpc) is 2.62. The third-order valence-corrected chi connectivity index (χ3v) is 4.52. The van der Waals surface area contributed by atoms with Gasteiger partial charge in [0.25, 0.3) is 0 Å². The molecule has 1 aliphatic heterocycles. The Labute approximate surface area is 159 Å². The molecular formula is C20H25N5O2. The summed E-state index contributed by atoms with van der Waals surface area (Å²) in [5.41, 5.74) is 3.29. The first-order chi connectivity index (χ1) is 12.9. The maximum Gasteiger partial charge on any atom is 0.229 e. The molecule has 0 unspecified atom stereocenters. The van der Waals surface area contributed by atoms with Crippen molar-refractivity contribution in [2.75, 3.05) is 28.6 Å². The van der Waals surface area contributed by atoms with Gasteiger partial charge >= 0.3 is 0 Å². The number of carbonyl (C=O) groups excluding carboxylic acids is 2. The van der Waals surface area contributed by atoms with Gasteiger partial charge in [-0.25, -0.2) is 9.97 Å². The summed E-state index contributed by atoms with van der Waals surface area (Å²) in [6.07, 6.45) is 1.77. The van der Waals surface area contributed by atoms with Gasteiger partial charge in [0.15, 0.2) is 0 Å². The SMILES string of the molecule is CC(=O)Nc1ccc(NC(=O)[C@H]2CCCN(c3nc(C)cc(C)n3)C2)cc1. The van der Waals surface area contributed by atoms with E-state index < -0.39 is 0 Å². The van der Waals surface area contributed by atoms with E-state index in [2.05, 4.69) is 25.5 Å². The molecule has 3 rings (SSSR count). The molecule has 0 aliphatic carbocycles. The first-order valence-electron chi connectivity index (χ1n) is 9.16. The molecule has 1 aromatic heterocycles. The van der Waals surface area contributed by atoms with Crippen molar-refractivity contribution < 1.29 is 9.59 Å². The molecule has 1 fully saturated rings. The van der Waals surface area contributed by atoms with E-state index in [1.807, 2.05) is 19.9 Å². The van der Waals surface area contributed by atoms with Crippen molar-refractivity contribution in [3.63, 3.8) is 0 Å². The Morgan fingerprint density at radius 2 is 1.63 bits per heavy atom. The van der Waals surface area contributed by atoms with Crippen molar-refractivity contribution in [2.45, 2.75) is 33.6 Å². The van der Waals surface area contributed by atoms with E-state index in [9.17, 15) is 9.59 Å². The number of piperidine rings is 1. The van der Waals surface area contributed by atoms with Crippen molar-refractivity contribution in [1.29, 1.82) is 0 Å². The van der Waals surface area contributed by atoms with Crippen molar-refractivity contribution in [1.82, 2.24) is 9.97 Å². The number of hydrogen-bond acceptors (Lipinski definition) is 5. The number of nitrogens with zero attached hydrogens (tertiary/aromatic N) is 3. The fraction of sp³-hybridized carbons (Fsp3) is 0.400. The van der Waals surface area contributed by atoms with Crippen molar-refractivity contribution in [2.24, 2.45) is 5.92 Å². The molecule has 2 aromatic rings. The first kappa shape index (κ1) is 18.8. The molecule has 1 atom stereocenters. The maximum absolute atomic E-state index is 12.7. The molecule has 2 amide bonds. The molecule has 142 valence electrons. The number of hydrogen-bond donors (Lipinski definition) is 2. The lowest BCUT2D eigenvalue weighted by molar-refractivity contribution is -0.120. The second kappa shape index (κ2) is 8.16. The second-order valence-corrected chi connectivity index (χ2v) is 6.98. The van der Waals surface area contributed by atoms with Crippen LogP contribution in [-0.4, -0.2) is 34.9 Å². The lowest BCUT2D eigenvalue weighted by Crippen LogP contribution is -2.41. The fourth-order valence-electron chi connectivity index (χ4n) is 3.31. The topological polar surface area (TPSA) is 87.2 Å². The van der Waals surface area contributed by atoms with Gasteiger partial charge in [0.05, 0.1) is 5.92 Å². The van der Waals surface area contributed by atoms with Gasteiger partial charge in [0.2, 0.25) is 17.8 Å². The minimum atomic E-state index is -0.123. The fourth-order valence-corrected chi connectivity index (χ4v) is 3.31. The summed E-state index contributed by atoms with van der Waals surface area (Å²) in [6.45, 7) is 6.84. The lowest BCUT2D eigenvalue weighted by atomic mass is 9.97. The number of anilines is 3. The summed E-state index contributed by atoms with van der Waals surface area (Å²) in [5, 5.41) is 5.68. The Bertz CT molecular complexity index is 815. The van der Waals surface area contributed by atoms with Crippen LogP contribution >= 0.6 is 0 Å². The Kier molecular flexibility index (Phi) is 5.69. The zero-order chi connectivity index (χ0) is 19.4. The van der Waals surface area contributed by atoms with E-state index in [0.717, 1.165) is 30.8 Å². The smallest absolute Gasteiger partial charge is 0.229 e. The van der Waals surface area contributed by atoms with Crippen LogP contribution in [-0.2, 0) is 9.59 Å². The van der Waals surface area contributed by atoms with E-state index in [0.29, 0.717) is 23.9 Å². The maximum atomic E-state index is 12.7. The average molecular weight is 367 g/mol. The van der Waals surface area contributed by atoms with Crippen LogP contribution in [0.4, 0.5) is 17.3 Å². The second-order valence-electron chi connectivity index (χ2n) is 6.98. The molecule has 1 saturated heterocycles. The van der Waals surface area contributed by atoms with Crippen molar-refractivity contribution >= 4 is 29.1 Å². The van der Waals surface area contributed by atoms with E-state index >= 15 is 0 Å². The Hall–Kier alpha value is -2.96. The molecule has 27 heavy (non-hydrogen) atoms. The Morgan fingerprint density at radius 1 is 1.04 bits per heavy atom. The van der Waals surface area contributed by atoms with Gasteiger partial charge in [0, 0.05) is 42.8 Å². The molecule has 0 saturated carbocycles. The standard InChI is InChI=1S/C20H25N5O2/c1-13-11-14(2)22-20(21-13)25-10-4-5-16(12-25)19(27)24-18-8-6-17(7-9-18)23-15(3)26/h6-9,11,16H,4-5,10,12H2,1-3H3,(H,23,26)(H,24,27)/t16-/m0/s1. The van der Waals surface area contributed by atoms with Gasteiger partial charge in [-0.3, -0.25) is 9.59 Å². The molecule has 7 nitrogen and oxygen atoms in total. The Morgan fingerprint density at radius 3 is 2.22 bits per heavy atom. The molecule has 2 heterocycles. The first-order valence-corrected chi connectivity index (χ1v) is 9.16. The largest absolute Gasteiger partial charge is 0.340 e. The number of aromatic nitrogens is 2. The van der Waals surface area contributed by atoms with Gasteiger partial charge in [-0.15, -0.1) is 0 Å². The van der Waals surface area contributed by atoms with E-state index in [1.54, 1.807) is 24.3 Å². The third kappa shape index (κ3) is 5.03. The normalized spacial score (nSPS) is 16.7. The summed E-state index contributed by atoms with van der Waals surface area (Å²) in [4.78, 5) is 34.9. The monoisotopic (exact) mass is 367 g/mol. The van der Waals surface area contributed by atoms with Crippen molar-refractivity contribution in [3.8, 4) is 0 Å².